The molecule has 2 aliphatic heterocycles. The second-order valence-electron chi connectivity index (χ2n) is 4.66. The molecule has 3 rings (SSSR count). The van der Waals surface area contributed by atoms with Crippen molar-refractivity contribution in [2.45, 2.75) is 18.1 Å². The highest BCUT2D eigenvalue weighted by atomic mass is 32.2. The van der Waals surface area contributed by atoms with Crippen molar-refractivity contribution in [1.82, 2.24) is 0 Å². The first-order valence-corrected chi connectivity index (χ1v) is 8.65. The average molecular weight is 279 g/mol. The number of fused-ring (bicyclic) bond motifs is 1. The SMILES string of the molecule is O=C(C1CSCCS1)N1CCCc2ccccc21. The Morgan fingerprint density at radius 1 is 1.28 bits per heavy atom. The van der Waals surface area contributed by atoms with E-state index in [-0.39, 0.29) is 5.25 Å². The minimum absolute atomic E-state index is 0.162. The van der Waals surface area contributed by atoms with E-state index in [4.69, 9.17) is 0 Å². The molecule has 1 saturated heterocycles. The third-order valence-corrected chi connectivity index (χ3v) is 6.21. The van der Waals surface area contributed by atoms with E-state index in [9.17, 15) is 4.79 Å². The highest BCUT2D eigenvalue weighted by molar-refractivity contribution is 8.07. The third-order valence-electron chi connectivity index (χ3n) is 3.47. The Morgan fingerprint density at radius 2 is 2.17 bits per heavy atom. The number of hydrogen-bond donors (Lipinski definition) is 0. The Bertz CT molecular complexity index is 443. The van der Waals surface area contributed by atoms with Gasteiger partial charge in [-0.25, -0.2) is 0 Å². The number of aryl methyl sites for hydroxylation is 1. The van der Waals surface area contributed by atoms with Crippen molar-refractivity contribution in [1.29, 1.82) is 0 Å². The third kappa shape index (κ3) is 2.41. The summed E-state index contributed by atoms with van der Waals surface area (Å²) in [5.41, 5.74) is 2.47. The van der Waals surface area contributed by atoms with Crippen molar-refractivity contribution in [3.05, 3.63) is 29.8 Å². The molecule has 0 spiro atoms. The molecule has 1 aromatic carbocycles. The largest absolute Gasteiger partial charge is 0.311 e. The molecule has 1 atom stereocenters. The molecule has 96 valence electrons. The molecule has 2 aliphatic rings. The van der Waals surface area contributed by atoms with E-state index in [1.807, 2.05) is 34.5 Å². The molecular formula is C14H17NOS2. The predicted octanol–water partition coefficient (Wildman–Crippen LogP) is 2.81. The monoisotopic (exact) mass is 279 g/mol. The van der Waals surface area contributed by atoms with E-state index in [0.717, 1.165) is 36.6 Å². The molecule has 0 saturated carbocycles. The minimum atomic E-state index is 0.162. The standard InChI is InChI=1S/C14H17NOS2/c16-14(13-10-17-8-9-18-13)15-7-3-5-11-4-1-2-6-12(11)15/h1-2,4,6,13H,3,5,7-10H2. The van der Waals surface area contributed by atoms with Crippen LogP contribution in [0.15, 0.2) is 24.3 Å². The van der Waals surface area contributed by atoms with Crippen LogP contribution in [0.2, 0.25) is 0 Å². The zero-order valence-corrected chi connectivity index (χ0v) is 11.9. The first-order valence-electron chi connectivity index (χ1n) is 6.45. The van der Waals surface area contributed by atoms with Crippen molar-refractivity contribution in [3.63, 3.8) is 0 Å². The fourth-order valence-corrected chi connectivity index (χ4v) is 5.17. The summed E-state index contributed by atoms with van der Waals surface area (Å²) >= 11 is 3.74. The molecule has 0 N–H and O–H groups in total. The normalized spacial score (nSPS) is 23.6. The summed E-state index contributed by atoms with van der Waals surface area (Å²) in [5, 5.41) is 0.162. The van der Waals surface area contributed by atoms with Crippen LogP contribution in [0.1, 0.15) is 12.0 Å². The number of rotatable bonds is 1. The lowest BCUT2D eigenvalue weighted by Crippen LogP contribution is -2.42. The summed E-state index contributed by atoms with van der Waals surface area (Å²) in [6, 6.07) is 8.34. The fraction of sp³-hybridized carbons (Fsp3) is 0.500. The molecule has 1 unspecified atom stereocenters. The van der Waals surface area contributed by atoms with Gasteiger partial charge in [0.1, 0.15) is 0 Å². The summed E-state index contributed by atoms with van der Waals surface area (Å²) in [5.74, 6) is 3.59. The summed E-state index contributed by atoms with van der Waals surface area (Å²) in [7, 11) is 0. The number of benzene rings is 1. The van der Waals surface area contributed by atoms with Crippen LogP contribution in [0.3, 0.4) is 0 Å². The van der Waals surface area contributed by atoms with E-state index in [2.05, 4.69) is 18.2 Å². The molecular weight excluding hydrogens is 262 g/mol. The molecule has 1 fully saturated rings. The van der Waals surface area contributed by atoms with Crippen molar-refractivity contribution in [2.75, 3.05) is 28.7 Å². The zero-order valence-electron chi connectivity index (χ0n) is 10.3. The molecule has 1 amide bonds. The maximum absolute atomic E-state index is 12.6. The number of carbonyl (C=O) groups excluding carboxylic acids is 1. The first kappa shape index (κ1) is 12.4. The number of hydrogen-bond acceptors (Lipinski definition) is 3. The molecule has 2 heterocycles. The van der Waals surface area contributed by atoms with Gasteiger partial charge in [-0.15, -0.1) is 11.8 Å². The fourth-order valence-electron chi connectivity index (χ4n) is 2.57. The topological polar surface area (TPSA) is 20.3 Å². The van der Waals surface area contributed by atoms with Gasteiger partial charge < -0.3 is 4.90 Å². The molecule has 0 aromatic heterocycles. The lowest BCUT2D eigenvalue weighted by molar-refractivity contribution is -0.117. The first-order chi connectivity index (χ1) is 8.86. The van der Waals surface area contributed by atoms with Crippen LogP contribution in [0.4, 0.5) is 5.69 Å². The summed E-state index contributed by atoms with van der Waals surface area (Å²) in [4.78, 5) is 14.6. The van der Waals surface area contributed by atoms with Crippen LogP contribution in [0, 0.1) is 0 Å². The lowest BCUT2D eigenvalue weighted by atomic mass is 10.0. The number of nitrogens with zero attached hydrogens (tertiary/aromatic N) is 1. The Balaban J connectivity index is 1.82. The number of thioether (sulfide) groups is 2. The number of anilines is 1. The van der Waals surface area contributed by atoms with Gasteiger partial charge in [0.05, 0.1) is 5.25 Å². The maximum atomic E-state index is 12.6. The number of para-hydroxylation sites is 1. The Morgan fingerprint density at radius 3 is 3.00 bits per heavy atom. The Kier molecular flexibility index (Phi) is 3.85. The van der Waals surface area contributed by atoms with Crippen molar-refractivity contribution in [2.24, 2.45) is 0 Å². The molecule has 0 aliphatic carbocycles. The van der Waals surface area contributed by atoms with Crippen LogP contribution in [-0.2, 0) is 11.2 Å². The van der Waals surface area contributed by atoms with Gasteiger partial charge in [0, 0.05) is 29.5 Å². The van der Waals surface area contributed by atoms with Crippen molar-refractivity contribution in [3.8, 4) is 0 Å². The molecule has 4 heteroatoms. The Hall–Kier alpha value is -0.610. The van der Waals surface area contributed by atoms with Crippen LogP contribution in [-0.4, -0.2) is 35.0 Å². The van der Waals surface area contributed by atoms with E-state index in [1.54, 1.807) is 0 Å². The van der Waals surface area contributed by atoms with Gasteiger partial charge in [0.25, 0.3) is 0 Å². The zero-order chi connectivity index (χ0) is 12.4. The van der Waals surface area contributed by atoms with Gasteiger partial charge in [-0.2, -0.15) is 11.8 Å². The van der Waals surface area contributed by atoms with Crippen molar-refractivity contribution >= 4 is 35.1 Å². The second-order valence-corrected chi connectivity index (χ2v) is 7.12. The predicted molar refractivity (Wildman–Crippen MR) is 80.7 cm³/mol. The highest BCUT2D eigenvalue weighted by Gasteiger charge is 2.30. The van der Waals surface area contributed by atoms with Gasteiger partial charge in [-0.05, 0) is 24.5 Å². The van der Waals surface area contributed by atoms with Crippen LogP contribution in [0.25, 0.3) is 0 Å². The quantitative estimate of drug-likeness (QED) is 0.788. The van der Waals surface area contributed by atoms with E-state index in [1.165, 1.54) is 11.3 Å². The van der Waals surface area contributed by atoms with E-state index >= 15 is 0 Å². The second kappa shape index (κ2) is 5.57. The van der Waals surface area contributed by atoms with Gasteiger partial charge in [0.2, 0.25) is 5.91 Å². The van der Waals surface area contributed by atoms with Crippen molar-refractivity contribution < 1.29 is 4.79 Å². The molecule has 2 nitrogen and oxygen atoms in total. The van der Waals surface area contributed by atoms with Gasteiger partial charge >= 0.3 is 0 Å². The van der Waals surface area contributed by atoms with E-state index < -0.39 is 0 Å². The summed E-state index contributed by atoms with van der Waals surface area (Å²) in [6.07, 6.45) is 2.19. The smallest absolute Gasteiger partial charge is 0.240 e. The van der Waals surface area contributed by atoms with Gasteiger partial charge in [-0.1, -0.05) is 18.2 Å². The molecule has 0 radical (unpaired) electrons. The van der Waals surface area contributed by atoms with Gasteiger partial charge in [-0.3, -0.25) is 4.79 Å². The van der Waals surface area contributed by atoms with Gasteiger partial charge in [0.15, 0.2) is 0 Å². The van der Waals surface area contributed by atoms with Crippen LogP contribution >= 0.6 is 23.5 Å². The molecule has 1 aromatic rings. The number of amides is 1. The summed E-state index contributed by atoms with van der Waals surface area (Å²) < 4.78 is 0. The lowest BCUT2D eigenvalue weighted by Gasteiger charge is -2.33. The maximum Gasteiger partial charge on any atom is 0.240 e. The van der Waals surface area contributed by atoms with Crippen LogP contribution < -0.4 is 4.90 Å². The highest BCUT2D eigenvalue weighted by Crippen LogP contribution is 2.31. The molecule has 0 bridgehead atoms. The van der Waals surface area contributed by atoms with E-state index in [0.29, 0.717) is 5.91 Å². The summed E-state index contributed by atoms with van der Waals surface area (Å²) in [6.45, 7) is 0.886. The average Bonchev–Trinajstić information content (AvgIpc) is 2.47. The number of carbonyl (C=O) groups is 1. The molecule has 18 heavy (non-hydrogen) atoms. The van der Waals surface area contributed by atoms with Crippen LogP contribution in [0.5, 0.6) is 0 Å². The Labute approximate surface area is 117 Å². The minimum Gasteiger partial charge on any atom is -0.311 e.